The highest BCUT2D eigenvalue weighted by molar-refractivity contribution is 5.10. The zero-order valence-electron chi connectivity index (χ0n) is 9.12. The lowest BCUT2D eigenvalue weighted by atomic mass is 10.1. The molecule has 1 aliphatic rings. The van der Waals surface area contributed by atoms with Crippen LogP contribution in [0.3, 0.4) is 0 Å². The molecule has 0 spiro atoms. The molecule has 0 aromatic rings. The van der Waals surface area contributed by atoms with Crippen molar-refractivity contribution >= 4 is 0 Å². The maximum absolute atomic E-state index is 2.27. The lowest BCUT2D eigenvalue weighted by Gasteiger charge is -1.99. The summed E-state index contributed by atoms with van der Waals surface area (Å²) in [5, 5.41) is 0. The Kier molecular flexibility index (Phi) is 7.10. The summed E-state index contributed by atoms with van der Waals surface area (Å²) in [7, 11) is 0. The fourth-order valence-electron chi connectivity index (χ4n) is 1.71. The molecule has 0 heterocycles. The first kappa shape index (κ1) is 11.3. The standard InChI is InChI=1S/C14H22/c1-2-4-6-8-10-12-14-13-11-9-7-5-3-1/h1-6H,7-14H2/b2-1?,5-3+,6-4?. The van der Waals surface area contributed by atoms with Gasteiger partial charge in [-0.2, -0.15) is 0 Å². The first-order chi connectivity index (χ1) is 7.00. The Balaban J connectivity index is 2.27. The SMILES string of the molecule is C1=C/C=C/CCCCCCCCC=C1. The van der Waals surface area contributed by atoms with Gasteiger partial charge in [0.2, 0.25) is 0 Å². The first-order valence-electron chi connectivity index (χ1n) is 5.98. The molecule has 78 valence electrons. The summed E-state index contributed by atoms with van der Waals surface area (Å²) in [6.45, 7) is 0. The summed E-state index contributed by atoms with van der Waals surface area (Å²) in [5.74, 6) is 0. The third-order valence-electron chi connectivity index (χ3n) is 2.60. The highest BCUT2D eigenvalue weighted by Crippen LogP contribution is 2.09. The van der Waals surface area contributed by atoms with E-state index in [1.54, 1.807) is 0 Å². The molecule has 0 saturated carbocycles. The lowest BCUT2D eigenvalue weighted by Crippen LogP contribution is -1.79. The van der Waals surface area contributed by atoms with E-state index in [1.165, 1.54) is 51.4 Å². The second-order valence-electron chi connectivity index (χ2n) is 3.94. The maximum atomic E-state index is 2.27. The van der Waals surface area contributed by atoms with E-state index in [2.05, 4.69) is 36.5 Å². The van der Waals surface area contributed by atoms with Gasteiger partial charge in [-0.05, 0) is 25.7 Å². The topological polar surface area (TPSA) is 0 Å². The highest BCUT2D eigenvalue weighted by atomic mass is 14.0. The van der Waals surface area contributed by atoms with E-state index < -0.39 is 0 Å². The van der Waals surface area contributed by atoms with Crippen molar-refractivity contribution in [1.82, 2.24) is 0 Å². The summed E-state index contributed by atoms with van der Waals surface area (Å²) in [5.41, 5.74) is 0. The van der Waals surface area contributed by atoms with Crippen molar-refractivity contribution in [3.63, 3.8) is 0 Å². The molecule has 14 heavy (non-hydrogen) atoms. The van der Waals surface area contributed by atoms with E-state index in [-0.39, 0.29) is 0 Å². The van der Waals surface area contributed by atoms with Crippen LogP contribution < -0.4 is 0 Å². The smallest absolute Gasteiger partial charge is 0.0348 e. The molecule has 1 rings (SSSR count). The number of allylic oxidation sites excluding steroid dienone is 6. The van der Waals surface area contributed by atoms with Gasteiger partial charge in [-0.1, -0.05) is 62.1 Å². The predicted molar refractivity (Wildman–Crippen MR) is 64.4 cm³/mol. The largest absolute Gasteiger partial charge is 0.0845 e. The van der Waals surface area contributed by atoms with Crippen LogP contribution in [0.15, 0.2) is 36.5 Å². The summed E-state index contributed by atoms with van der Waals surface area (Å²) < 4.78 is 0. The minimum Gasteiger partial charge on any atom is -0.0845 e. The van der Waals surface area contributed by atoms with Crippen LogP contribution in [-0.4, -0.2) is 0 Å². The molecule has 0 heteroatoms. The Labute approximate surface area is 88.4 Å². The van der Waals surface area contributed by atoms with Gasteiger partial charge in [0.05, 0.1) is 0 Å². The molecule has 0 bridgehead atoms. The minimum absolute atomic E-state index is 1.24. The Hall–Kier alpha value is -0.780. The minimum atomic E-state index is 1.24. The molecule has 0 amide bonds. The van der Waals surface area contributed by atoms with Gasteiger partial charge in [-0.3, -0.25) is 0 Å². The van der Waals surface area contributed by atoms with Crippen LogP contribution in [0.2, 0.25) is 0 Å². The molecule has 0 aliphatic heterocycles. The van der Waals surface area contributed by atoms with Crippen molar-refractivity contribution in [1.29, 1.82) is 0 Å². The Bertz CT molecular complexity index is 174. The number of rotatable bonds is 0. The van der Waals surface area contributed by atoms with Gasteiger partial charge >= 0.3 is 0 Å². The number of hydrogen-bond donors (Lipinski definition) is 0. The van der Waals surface area contributed by atoms with Crippen LogP contribution in [-0.2, 0) is 0 Å². The Morgan fingerprint density at radius 1 is 0.429 bits per heavy atom. The highest BCUT2D eigenvalue weighted by Gasteiger charge is 1.89. The molecular formula is C14H22. The van der Waals surface area contributed by atoms with E-state index in [9.17, 15) is 0 Å². The molecule has 0 radical (unpaired) electrons. The van der Waals surface area contributed by atoms with E-state index in [1.807, 2.05) is 0 Å². The van der Waals surface area contributed by atoms with Crippen LogP contribution in [0.25, 0.3) is 0 Å². The van der Waals surface area contributed by atoms with Gasteiger partial charge in [-0.15, -0.1) is 0 Å². The molecule has 0 nitrogen and oxygen atoms in total. The molecule has 0 saturated heterocycles. The van der Waals surface area contributed by atoms with Crippen LogP contribution in [0, 0.1) is 0 Å². The van der Waals surface area contributed by atoms with Crippen molar-refractivity contribution in [2.75, 3.05) is 0 Å². The van der Waals surface area contributed by atoms with Crippen molar-refractivity contribution in [3.8, 4) is 0 Å². The number of hydrogen-bond acceptors (Lipinski definition) is 0. The quantitative estimate of drug-likeness (QED) is 0.515. The lowest BCUT2D eigenvalue weighted by molar-refractivity contribution is 0.600. The molecular weight excluding hydrogens is 168 g/mol. The molecule has 0 fully saturated rings. The van der Waals surface area contributed by atoms with Gasteiger partial charge < -0.3 is 0 Å². The molecule has 0 atom stereocenters. The molecule has 0 aromatic heterocycles. The van der Waals surface area contributed by atoms with E-state index >= 15 is 0 Å². The van der Waals surface area contributed by atoms with Crippen LogP contribution >= 0.6 is 0 Å². The van der Waals surface area contributed by atoms with E-state index in [0.717, 1.165) is 0 Å². The van der Waals surface area contributed by atoms with Crippen LogP contribution in [0.1, 0.15) is 51.4 Å². The fourth-order valence-corrected chi connectivity index (χ4v) is 1.71. The summed E-state index contributed by atoms with van der Waals surface area (Å²) in [4.78, 5) is 0. The van der Waals surface area contributed by atoms with Crippen molar-refractivity contribution in [2.24, 2.45) is 0 Å². The molecule has 0 N–H and O–H groups in total. The summed E-state index contributed by atoms with van der Waals surface area (Å²) in [6, 6.07) is 0. The second kappa shape index (κ2) is 8.80. The van der Waals surface area contributed by atoms with Crippen molar-refractivity contribution in [2.45, 2.75) is 51.4 Å². The van der Waals surface area contributed by atoms with E-state index in [0.29, 0.717) is 0 Å². The monoisotopic (exact) mass is 190 g/mol. The fraction of sp³-hybridized carbons (Fsp3) is 0.571. The average Bonchev–Trinajstić information content (AvgIpc) is 2.22. The van der Waals surface area contributed by atoms with Gasteiger partial charge in [-0.25, -0.2) is 0 Å². The first-order valence-corrected chi connectivity index (χ1v) is 5.98. The van der Waals surface area contributed by atoms with Crippen molar-refractivity contribution < 1.29 is 0 Å². The van der Waals surface area contributed by atoms with Gasteiger partial charge in [0, 0.05) is 0 Å². The third kappa shape index (κ3) is 6.71. The van der Waals surface area contributed by atoms with Gasteiger partial charge in [0.15, 0.2) is 0 Å². The van der Waals surface area contributed by atoms with Gasteiger partial charge in [0.1, 0.15) is 0 Å². The molecule has 1 aliphatic carbocycles. The third-order valence-corrected chi connectivity index (χ3v) is 2.60. The summed E-state index contributed by atoms with van der Waals surface area (Å²) in [6.07, 6.45) is 24.0. The van der Waals surface area contributed by atoms with Crippen molar-refractivity contribution in [3.05, 3.63) is 36.5 Å². The zero-order chi connectivity index (χ0) is 9.90. The zero-order valence-corrected chi connectivity index (χ0v) is 9.12. The Morgan fingerprint density at radius 2 is 0.857 bits per heavy atom. The normalized spacial score (nSPS) is 22.9. The molecule has 0 aromatic carbocycles. The second-order valence-corrected chi connectivity index (χ2v) is 3.94. The van der Waals surface area contributed by atoms with E-state index in [4.69, 9.17) is 0 Å². The van der Waals surface area contributed by atoms with Gasteiger partial charge in [0.25, 0.3) is 0 Å². The molecule has 0 unspecified atom stereocenters. The Morgan fingerprint density at radius 3 is 1.36 bits per heavy atom. The van der Waals surface area contributed by atoms with Crippen LogP contribution in [0.4, 0.5) is 0 Å². The average molecular weight is 190 g/mol. The predicted octanol–water partition coefficient (Wildman–Crippen LogP) is 4.79. The van der Waals surface area contributed by atoms with Crippen LogP contribution in [0.5, 0.6) is 0 Å². The summed E-state index contributed by atoms with van der Waals surface area (Å²) >= 11 is 0. The maximum Gasteiger partial charge on any atom is -0.0348 e.